The monoisotopic (exact) mass is 353 g/mol. The number of nitrogens with zero attached hydrogens (tertiary/aromatic N) is 2. The van der Waals surface area contributed by atoms with E-state index in [2.05, 4.69) is 67.4 Å². The molecule has 0 amide bonds. The summed E-state index contributed by atoms with van der Waals surface area (Å²) in [6, 6.07) is 11.2. The van der Waals surface area contributed by atoms with E-state index in [9.17, 15) is 0 Å². The Morgan fingerprint density at radius 3 is 2.81 bits per heavy atom. The van der Waals surface area contributed by atoms with Gasteiger partial charge in [0, 0.05) is 43.6 Å². The molecule has 1 aromatic rings. The molecule has 4 heteroatoms. The molecule has 1 saturated heterocycles. The molecule has 2 aliphatic heterocycles. The summed E-state index contributed by atoms with van der Waals surface area (Å²) in [5.41, 5.74) is 2.97. The molecule has 1 aliphatic carbocycles. The minimum Gasteiger partial charge on any atom is -0.377 e. The number of hydrogen-bond donors (Lipinski definition) is 1. The first kappa shape index (κ1) is 17.6. The van der Waals surface area contributed by atoms with Crippen molar-refractivity contribution in [2.24, 2.45) is 16.3 Å². The first-order valence-corrected chi connectivity index (χ1v) is 10.0. The zero-order chi connectivity index (χ0) is 18.1. The van der Waals surface area contributed by atoms with Gasteiger partial charge in [0.25, 0.3) is 0 Å². The quantitative estimate of drug-likeness (QED) is 0.667. The van der Waals surface area contributed by atoms with Gasteiger partial charge >= 0.3 is 0 Å². The van der Waals surface area contributed by atoms with Crippen LogP contribution < -0.4 is 5.32 Å². The minimum absolute atomic E-state index is 0.177. The van der Waals surface area contributed by atoms with Gasteiger partial charge in [0.1, 0.15) is 0 Å². The molecule has 3 atom stereocenters. The Bertz CT molecular complexity index is 695. The lowest BCUT2D eigenvalue weighted by Crippen LogP contribution is -2.68. The van der Waals surface area contributed by atoms with Crippen LogP contribution in [0, 0.1) is 11.3 Å². The van der Waals surface area contributed by atoms with Crippen molar-refractivity contribution in [1.82, 2.24) is 10.2 Å². The molecule has 140 valence electrons. The van der Waals surface area contributed by atoms with E-state index in [1.165, 1.54) is 17.6 Å². The van der Waals surface area contributed by atoms with Crippen molar-refractivity contribution in [1.29, 1.82) is 0 Å². The molecule has 0 aromatic heterocycles. The minimum atomic E-state index is 0.177. The maximum atomic E-state index is 5.94. The second kappa shape index (κ2) is 7.07. The Morgan fingerprint density at radius 2 is 2.12 bits per heavy atom. The van der Waals surface area contributed by atoms with Gasteiger partial charge in [-0.1, -0.05) is 50.3 Å². The molecule has 4 nitrogen and oxygen atoms in total. The van der Waals surface area contributed by atoms with Crippen LogP contribution >= 0.6 is 0 Å². The maximum Gasteiger partial charge on any atom is 0.194 e. The lowest BCUT2D eigenvalue weighted by Gasteiger charge is -2.55. The molecule has 26 heavy (non-hydrogen) atoms. The van der Waals surface area contributed by atoms with E-state index in [0.29, 0.717) is 18.1 Å². The first-order valence-electron chi connectivity index (χ1n) is 10.0. The van der Waals surface area contributed by atoms with Crippen LogP contribution in [0.15, 0.2) is 41.4 Å². The first-order chi connectivity index (χ1) is 12.6. The SMILES string of the molecule is CCN=C(NC1C2CCOC2C1(C)C)N1CC=C(c2ccccc2)CC1. The lowest BCUT2D eigenvalue weighted by atomic mass is 9.57. The topological polar surface area (TPSA) is 36.9 Å². The van der Waals surface area contributed by atoms with Crippen LogP contribution in [0.2, 0.25) is 0 Å². The number of rotatable bonds is 3. The van der Waals surface area contributed by atoms with Crippen LogP contribution in [0.4, 0.5) is 0 Å². The van der Waals surface area contributed by atoms with Crippen molar-refractivity contribution in [3.8, 4) is 0 Å². The summed E-state index contributed by atoms with van der Waals surface area (Å²) in [7, 11) is 0. The highest BCUT2D eigenvalue weighted by atomic mass is 16.5. The normalized spacial score (nSPS) is 30.4. The molecule has 1 saturated carbocycles. The fourth-order valence-electron chi connectivity index (χ4n) is 4.92. The predicted molar refractivity (Wildman–Crippen MR) is 107 cm³/mol. The molecule has 4 rings (SSSR count). The molecule has 1 N–H and O–H groups in total. The third kappa shape index (κ3) is 3.05. The average molecular weight is 354 g/mol. The van der Waals surface area contributed by atoms with Gasteiger partial charge in [0.15, 0.2) is 5.96 Å². The number of nitrogens with one attached hydrogen (secondary N) is 1. The van der Waals surface area contributed by atoms with Crippen LogP contribution in [0.1, 0.15) is 39.2 Å². The molecular weight excluding hydrogens is 322 g/mol. The second-order valence-electron chi connectivity index (χ2n) is 8.28. The standard InChI is InChI=1S/C22H31N3O/c1-4-23-21(24-19-18-12-15-26-20(18)22(19,2)3)25-13-10-17(11-14-25)16-8-6-5-7-9-16/h5-10,18-20H,4,11-15H2,1-3H3,(H,23,24). The van der Waals surface area contributed by atoms with Crippen LogP contribution in [0.5, 0.6) is 0 Å². The van der Waals surface area contributed by atoms with Crippen molar-refractivity contribution in [2.75, 3.05) is 26.2 Å². The zero-order valence-electron chi connectivity index (χ0n) is 16.2. The summed E-state index contributed by atoms with van der Waals surface area (Å²) in [6.45, 7) is 10.4. The van der Waals surface area contributed by atoms with Crippen molar-refractivity contribution in [3.63, 3.8) is 0 Å². The fourth-order valence-corrected chi connectivity index (χ4v) is 4.92. The molecule has 3 aliphatic rings. The number of aliphatic imine (C=N–C) groups is 1. The Morgan fingerprint density at radius 1 is 1.31 bits per heavy atom. The molecule has 0 radical (unpaired) electrons. The van der Waals surface area contributed by atoms with Gasteiger partial charge in [-0.25, -0.2) is 0 Å². The van der Waals surface area contributed by atoms with Crippen LogP contribution in [0.25, 0.3) is 5.57 Å². The van der Waals surface area contributed by atoms with E-state index in [-0.39, 0.29) is 5.41 Å². The van der Waals surface area contributed by atoms with Gasteiger partial charge in [-0.2, -0.15) is 0 Å². The molecule has 2 fully saturated rings. The molecule has 3 unspecified atom stereocenters. The number of fused-ring (bicyclic) bond motifs is 1. The summed E-state index contributed by atoms with van der Waals surface area (Å²) >= 11 is 0. The van der Waals surface area contributed by atoms with E-state index >= 15 is 0 Å². The second-order valence-corrected chi connectivity index (χ2v) is 8.28. The summed E-state index contributed by atoms with van der Waals surface area (Å²) < 4.78 is 5.94. The third-order valence-corrected chi connectivity index (χ3v) is 6.35. The summed E-state index contributed by atoms with van der Waals surface area (Å²) in [5, 5.41) is 3.81. The van der Waals surface area contributed by atoms with E-state index in [1.54, 1.807) is 0 Å². The zero-order valence-corrected chi connectivity index (χ0v) is 16.2. The van der Waals surface area contributed by atoms with E-state index < -0.39 is 0 Å². The van der Waals surface area contributed by atoms with Crippen LogP contribution in [-0.2, 0) is 4.74 Å². The number of guanidine groups is 1. The van der Waals surface area contributed by atoms with Crippen molar-refractivity contribution in [3.05, 3.63) is 42.0 Å². The third-order valence-electron chi connectivity index (χ3n) is 6.35. The van der Waals surface area contributed by atoms with Crippen LogP contribution in [-0.4, -0.2) is 49.2 Å². The summed E-state index contributed by atoms with van der Waals surface area (Å²) in [4.78, 5) is 7.21. The Hall–Kier alpha value is -1.81. The number of ether oxygens (including phenoxy) is 1. The molecule has 0 spiro atoms. The maximum absolute atomic E-state index is 5.94. The number of hydrogen-bond acceptors (Lipinski definition) is 2. The molecular formula is C22H31N3O. The van der Waals surface area contributed by atoms with Gasteiger partial charge in [-0.05, 0) is 30.9 Å². The van der Waals surface area contributed by atoms with Gasteiger partial charge in [0.05, 0.1) is 6.10 Å². The number of benzene rings is 1. The van der Waals surface area contributed by atoms with Crippen LogP contribution in [0.3, 0.4) is 0 Å². The Labute approximate surface area is 157 Å². The van der Waals surface area contributed by atoms with Gasteiger partial charge in [-0.15, -0.1) is 0 Å². The van der Waals surface area contributed by atoms with Gasteiger partial charge < -0.3 is 15.0 Å². The summed E-state index contributed by atoms with van der Waals surface area (Å²) in [6.07, 6.45) is 5.01. The van der Waals surface area contributed by atoms with Gasteiger partial charge in [-0.3, -0.25) is 4.99 Å². The van der Waals surface area contributed by atoms with E-state index in [0.717, 1.165) is 38.6 Å². The smallest absolute Gasteiger partial charge is 0.194 e. The van der Waals surface area contributed by atoms with Gasteiger partial charge in [0.2, 0.25) is 0 Å². The van der Waals surface area contributed by atoms with Crippen molar-refractivity contribution < 1.29 is 4.74 Å². The van der Waals surface area contributed by atoms with Crippen molar-refractivity contribution in [2.45, 2.75) is 45.8 Å². The molecule has 2 heterocycles. The predicted octanol–water partition coefficient (Wildman–Crippen LogP) is 3.55. The average Bonchev–Trinajstić information content (AvgIpc) is 3.13. The fraction of sp³-hybridized carbons (Fsp3) is 0.591. The van der Waals surface area contributed by atoms with E-state index in [1.807, 2.05) is 0 Å². The largest absolute Gasteiger partial charge is 0.377 e. The molecule has 0 bridgehead atoms. The van der Waals surface area contributed by atoms with Crippen molar-refractivity contribution >= 4 is 11.5 Å². The van der Waals surface area contributed by atoms with E-state index in [4.69, 9.17) is 9.73 Å². The Balaban J connectivity index is 1.45. The molecule has 1 aromatic carbocycles. The highest BCUT2D eigenvalue weighted by Crippen LogP contribution is 2.52. The summed E-state index contributed by atoms with van der Waals surface area (Å²) in [5.74, 6) is 1.70. The lowest BCUT2D eigenvalue weighted by molar-refractivity contribution is -0.107. The highest BCUT2D eigenvalue weighted by molar-refractivity contribution is 5.82. The highest BCUT2D eigenvalue weighted by Gasteiger charge is 2.59. The Kier molecular flexibility index (Phi) is 4.78.